The fraction of sp³-hybridized carbons (Fsp3) is 0.250. The molecule has 0 bridgehead atoms. The molecule has 0 aliphatic rings. The average Bonchev–Trinajstić information content (AvgIpc) is 2.63. The van der Waals surface area contributed by atoms with Gasteiger partial charge in [-0.25, -0.2) is 4.79 Å². The van der Waals surface area contributed by atoms with Gasteiger partial charge < -0.3 is 10.8 Å². The Balaban J connectivity index is 0. The van der Waals surface area contributed by atoms with E-state index in [1.165, 1.54) is 5.56 Å². The Morgan fingerprint density at radius 3 is 1.67 bits per heavy atom. The summed E-state index contributed by atoms with van der Waals surface area (Å²) in [6.07, 6.45) is 7.74. The van der Waals surface area contributed by atoms with Gasteiger partial charge in [-0.3, -0.25) is 5.32 Å². The lowest BCUT2D eigenvalue weighted by Gasteiger charge is -2.04. The highest BCUT2D eigenvalue weighted by Gasteiger charge is 1.99. The summed E-state index contributed by atoms with van der Waals surface area (Å²) < 4.78 is 0. The van der Waals surface area contributed by atoms with Gasteiger partial charge in [0.15, 0.2) is 0 Å². The zero-order valence-electron chi connectivity index (χ0n) is 14.9. The van der Waals surface area contributed by atoms with Crippen molar-refractivity contribution < 1.29 is 9.90 Å². The third-order valence-corrected chi connectivity index (χ3v) is 2.59. The Hall–Kier alpha value is -2.93. The van der Waals surface area contributed by atoms with E-state index in [-0.39, 0.29) is 0 Å². The van der Waals surface area contributed by atoms with Crippen LogP contribution in [0.2, 0.25) is 0 Å². The maximum atomic E-state index is 10.5. The first-order valence-electron chi connectivity index (χ1n) is 7.90. The molecule has 24 heavy (non-hydrogen) atoms. The molecule has 0 heterocycles. The number of rotatable bonds is 3. The summed E-state index contributed by atoms with van der Waals surface area (Å²) in [5.74, 6) is 0. The molecule has 0 unspecified atom stereocenters. The molecule has 2 aromatic carbocycles. The highest BCUT2D eigenvalue weighted by atomic mass is 16.4. The first kappa shape index (κ1) is 23.3. The minimum absolute atomic E-state index is 0.573. The molecule has 0 fully saturated rings. The van der Waals surface area contributed by atoms with E-state index in [4.69, 9.17) is 10.8 Å². The Bertz CT molecular complexity index is 573. The molecule has 4 nitrogen and oxygen atoms in total. The van der Waals surface area contributed by atoms with Gasteiger partial charge in [-0.05, 0) is 41.8 Å². The second-order valence-electron chi connectivity index (χ2n) is 4.05. The molecule has 1 amide bonds. The topological polar surface area (TPSA) is 75.3 Å². The quantitative estimate of drug-likeness (QED) is 0.532. The van der Waals surface area contributed by atoms with E-state index >= 15 is 0 Å². The molecule has 0 atom stereocenters. The van der Waals surface area contributed by atoms with Crippen LogP contribution in [0.4, 0.5) is 16.2 Å². The van der Waals surface area contributed by atoms with Crippen molar-refractivity contribution in [2.45, 2.75) is 34.1 Å². The number of carboxylic acid groups (broad SMARTS) is 1. The van der Waals surface area contributed by atoms with Crippen LogP contribution in [0.1, 0.15) is 38.8 Å². The lowest BCUT2D eigenvalue weighted by molar-refractivity contribution is 0.210. The first-order chi connectivity index (χ1) is 11.6. The highest BCUT2D eigenvalue weighted by Crippen LogP contribution is 2.14. The summed E-state index contributed by atoms with van der Waals surface area (Å²) in [4.78, 5) is 10.5. The summed E-state index contributed by atoms with van der Waals surface area (Å²) in [7, 11) is 0. The molecule has 4 heteroatoms. The van der Waals surface area contributed by atoms with Crippen molar-refractivity contribution in [2.75, 3.05) is 11.1 Å². The highest BCUT2D eigenvalue weighted by molar-refractivity contribution is 5.82. The van der Waals surface area contributed by atoms with Gasteiger partial charge in [0.25, 0.3) is 0 Å². The van der Waals surface area contributed by atoms with Crippen molar-refractivity contribution >= 4 is 17.5 Å². The molecule has 2 aromatic rings. The molecule has 0 spiro atoms. The van der Waals surface area contributed by atoms with E-state index < -0.39 is 6.09 Å². The van der Waals surface area contributed by atoms with E-state index in [1.54, 1.807) is 12.1 Å². The lowest BCUT2D eigenvalue weighted by atomic mass is 10.0. The molecule has 0 saturated carbocycles. The summed E-state index contributed by atoms with van der Waals surface area (Å²) in [6, 6.07) is 15.0. The maximum absolute atomic E-state index is 10.5. The van der Waals surface area contributed by atoms with Crippen LogP contribution in [-0.2, 0) is 6.42 Å². The Kier molecular flexibility index (Phi) is 14.6. The first-order valence-corrected chi connectivity index (χ1v) is 7.90. The number of hydrogen-bond acceptors (Lipinski definition) is 2. The third-order valence-electron chi connectivity index (χ3n) is 2.59. The standard InChI is InChI=1S/C14H14N2O2.2C2H6.C2H2/c15-12-5-1-10(2-6-12)9-11-3-7-13(8-4-11)16-14(17)18;3*1-2/h1-8,16H,9,15H2,(H,17,18);2*1-2H3;1-2H. The molecule has 0 saturated heterocycles. The van der Waals surface area contributed by atoms with Crippen molar-refractivity contribution in [2.24, 2.45) is 0 Å². The number of anilines is 2. The van der Waals surface area contributed by atoms with E-state index in [9.17, 15) is 4.79 Å². The zero-order chi connectivity index (χ0) is 19.0. The largest absolute Gasteiger partial charge is 0.465 e. The van der Waals surface area contributed by atoms with E-state index in [0.29, 0.717) is 5.69 Å². The van der Waals surface area contributed by atoms with Crippen LogP contribution in [0.3, 0.4) is 0 Å². The number of benzene rings is 2. The molecule has 2 rings (SSSR count). The van der Waals surface area contributed by atoms with Crippen molar-refractivity contribution in [1.82, 2.24) is 0 Å². The van der Waals surface area contributed by atoms with Crippen LogP contribution in [0.25, 0.3) is 0 Å². The Morgan fingerprint density at radius 2 is 1.29 bits per heavy atom. The molecule has 0 aliphatic carbocycles. The van der Waals surface area contributed by atoms with Gasteiger partial charge in [-0.2, -0.15) is 0 Å². The molecular formula is C20H28N2O2. The summed E-state index contributed by atoms with van der Waals surface area (Å²) in [6.45, 7) is 8.00. The van der Waals surface area contributed by atoms with Crippen molar-refractivity contribution in [1.29, 1.82) is 0 Å². The van der Waals surface area contributed by atoms with Gasteiger partial charge in [0, 0.05) is 11.4 Å². The molecule has 0 aliphatic heterocycles. The third kappa shape index (κ3) is 9.91. The summed E-state index contributed by atoms with van der Waals surface area (Å²) in [5.41, 5.74) is 9.24. The number of amides is 1. The number of nitrogen functional groups attached to an aromatic ring is 1. The summed E-state index contributed by atoms with van der Waals surface area (Å²) >= 11 is 0. The summed E-state index contributed by atoms with van der Waals surface area (Å²) in [5, 5.41) is 10.9. The van der Waals surface area contributed by atoms with Crippen molar-refractivity contribution in [3.05, 3.63) is 59.7 Å². The monoisotopic (exact) mass is 328 g/mol. The van der Waals surface area contributed by atoms with Gasteiger partial charge >= 0.3 is 6.09 Å². The van der Waals surface area contributed by atoms with Gasteiger partial charge in [0.2, 0.25) is 0 Å². The minimum atomic E-state index is -1.05. The van der Waals surface area contributed by atoms with Crippen LogP contribution in [-0.4, -0.2) is 11.2 Å². The fourth-order valence-electron chi connectivity index (χ4n) is 1.70. The minimum Gasteiger partial charge on any atom is -0.465 e. The van der Waals surface area contributed by atoms with Gasteiger partial charge in [-0.1, -0.05) is 52.0 Å². The SMILES string of the molecule is C#C.CC.CC.Nc1ccc(Cc2ccc(NC(=O)O)cc2)cc1. The van der Waals surface area contributed by atoms with Crippen LogP contribution in [0.15, 0.2) is 48.5 Å². The number of nitrogens with one attached hydrogen (secondary N) is 1. The maximum Gasteiger partial charge on any atom is 0.409 e. The molecule has 0 radical (unpaired) electrons. The van der Waals surface area contributed by atoms with Crippen LogP contribution in [0, 0.1) is 12.8 Å². The predicted octanol–water partition coefficient (Wildman–Crippen LogP) is 5.25. The fourth-order valence-corrected chi connectivity index (χ4v) is 1.70. The Labute approximate surface area is 145 Å². The lowest BCUT2D eigenvalue weighted by Crippen LogP contribution is -2.06. The molecule has 4 N–H and O–H groups in total. The second-order valence-corrected chi connectivity index (χ2v) is 4.05. The second kappa shape index (κ2) is 15.0. The number of hydrogen-bond donors (Lipinski definition) is 3. The van der Waals surface area contributed by atoms with Crippen molar-refractivity contribution in [3.8, 4) is 12.8 Å². The normalized spacial score (nSPS) is 8.08. The Morgan fingerprint density at radius 1 is 0.917 bits per heavy atom. The average molecular weight is 328 g/mol. The molecule has 130 valence electrons. The smallest absolute Gasteiger partial charge is 0.409 e. The van der Waals surface area contributed by atoms with E-state index in [1.807, 2.05) is 64.1 Å². The number of terminal acetylenes is 1. The number of carbonyl (C=O) groups is 1. The van der Waals surface area contributed by atoms with Gasteiger partial charge in [0.05, 0.1) is 0 Å². The number of nitrogens with two attached hydrogens (primary N) is 1. The van der Waals surface area contributed by atoms with Crippen LogP contribution >= 0.6 is 0 Å². The van der Waals surface area contributed by atoms with E-state index in [2.05, 4.69) is 18.2 Å². The van der Waals surface area contributed by atoms with Gasteiger partial charge in [0.1, 0.15) is 0 Å². The van der Waals surface area contributed by atoms with Crippen LogP contribution in [0.5, 0.6) is 0 Å². The van der Waals surface area contributed by atoms with E-state index in [0.717, 1.165) is 17.7 Å². The van der Waals surface area contributed by atoms with Gasteiger partial charge in [-0.15, -0.1) is 12.8 Å². The molecule has 0 aromatic heterocycles. The predicted molar refractivity (Wildman–Crippen MR) is 104 cm³/mol. The van der Waals surface area contributed by atoms with Crippen LogP contribution < -0.4 is 11.1 Å². The molecular weight excluding hydrogens is 300 g/mol. The zero-order valence-corrected chi connectivity index (χ0v) is 14.9. The van der Waals surface area contributed by atoms with Crippen molar-refractivity contribution in [3.63, 3.8) is 0 Å².